The number of aliphatic hydroxyl groups is 1. The summed E-state index contributed by atoms with van der Waals surface area (Å²) in [4.78, 5) is 15.4. The summed E-state index contributed by atoms with van der Waals surface area (Å²) in [5.74, 6) is -0.771. The van der Waals surface area contributed by atoms with Gasteiger partial charge in [0.1, 0.15) is 10.6 Å². The first-order valence-corrected chi connectivity index (χ1v) is 15.9. The highest BCUT2D eigenvalue weighted by molar-refractivity contribution is 7.92. The zero-order valence-corrected chi connectivity index (χ0v) is 24.0. The van der Waals surface area contributed by atoms with Crippen LogP contribution < -0.4 is 0 Å². The van der Waals surface area contributed by atoms with Crippen LogP contribution in [0.25, 0.3) is 0 Å². The van der Waals surface area contributed by atoms with Crippen LogP contribution in [0, 0.1) is 5.82 Å². The number of hydrogen-bond acceptors (Lipinski definition) is 6. The standard InChI is InChI=1S/C25H26F7N3O6S2/c1-42(38,39)35-14-12-33(13-15-35)21(36)34-11-10-22(16-34,43(40,41)20-8-6-19(26)7-9-20)17-2-4-18(5-3-17)23(37,24(27,28)29)25(30,31)32/h2-9,37H,10-16H2,1H3/t22-/m0/s1. The summed E-state index contributed by atoms with van der Waals surface area (Å²) in [5, 5.41) is 9.76. The molecule has 2 aliphatic rings. The maximum atomic E-state index is 14.0. The minimum Gasteiger partial charge on any atom is -0.369 e. The van der Waals surface area contributed by atoms with Crippen LogP contribution in [0.2, 0.25) is 0 Å². The van der Waals surface area contributed by atoms with Gasteiger partial charge >= 0.3 is 18.4 Å². The Balaban J connectivity index is 1.74. The number of amides is 2. The SMILES string of the molecule is CS(=O)(=O)N1CCN(C(=O)N2CC[C@](c3ccc(C(O)(C(F)(F)F)C(F)(F)F)cc3)(S(=O)(=O)c3ccc(F)cc3)C2)CC1. The summed E-state index contributed by atoms with van der Waals surface area (Å²) in [6, 6.07) is 5.05. The van der Waals surface area contributed by atoms with E-state index >= 15 is 0 Å². The van der Waals surface area contributed by atoms with E-state index in [2.05, 4.69) is 0 Å². The van der Waals surface area contributed by atoms with E-state index in [-0.39, 0.29) is 44.7 Å². The van der Waals surface area contributed by atoms with Crippen LogP contribution in [0.1, 0.15) is 17.5 Å². The molecule has 1 N–H and O–H groups in total. The van der Waals surface area contributed by atoms with Gasteiger partial charge in [0.05, 0.1) is 11.2 Å². The maximum Gasteiger partial charge on any atom is 0.430 e. The number of sulfone groups is 1. The molecule has 0 saturated carbocycles. The maximum absolute atomic E-state index is 14.0. The van der Waals surface area contributed by atoms with Crippen molar-refractivity contribution < 1.29 is 57.5 Å². The van der Waals surface area contributed by atoms with E-state index < -0.39 is 71.4 Å². The minimum absolute atomic E-state index is 0.0116. The number of piperazine rings is 1. The van der Waals surface area contributed by atoms with Gasteiger partial charge in [-0.2, -0.15) is 30.6 Å². The molecule has 2 aromatic carbocycles. The largest absolute Gasteiger partial charge is 0.430 e. The van der Waals surface area contributed by atoms with Gasteiger partial charge in [-0.1, -0.05) is 24.3 Å². The van der Waals surface area contributed by atoms with Crippen LogP contribution >= 0.6 is 0 Å². The fourth-order valence-electron chi connectivity index (χ4n) is 5.31. The predicted octanol–water partition coefficient (Wildman–Crippen LogP) is 3.21. The molecule has 0 aliphatic carbocycles. The van der Waals surface area contributed by atoms with Gasteiger partial charge in [-0.3, -0.25) is 0 Å². The van der Waals surface area contributed by atoms with Crippen molar-refractivity contribution in [2.75, 3.05) is 45.5 Å². The highest BCUT2D eigenvalue weighted by Crippen LogP contribution is 2.51. The van der Waals surface area contributed by atoms with Gasteiger partial charge in [0.15, 0.2) is 9.84 Å². The van der Waals surface area contributed by atoms with E-state index in [9.17, 15) is 57.5 Å². The molecule has 1 atom stereocenters. The molecular formula is C25H26F7N3O6S2. The van der Waals surface area contributed by atoms with Crippen LogP contribution in [0.3, 0.4) is 0 Å². The molecule has 9 nitrogen and oxygen atoms in total. The summed E-state index contributed by atoms with van der Waals surface area (Å²) in [6.45, 7) is -0.812. The van der Waals surface area contributed by atoms with Gasteiger partial charge in [0, 0.05) is 44.8 Å². The third kappa shape index (κ3) is 5.69. The summed E-state index contributed by atoms with van der Waals surface area (Å²) in [6.07, 6.45) is -11.6. The molecule has 2 amide bonds. The number of carbonyl (C=O) groups is 1. The van der Waals surface area contributed by atoms with Crippen molar-refractivity contribution in [3.63, 3.8) is 0 Å². The third-order valence-electron chi connectivity index (χ3n) is 7.77. The number of hydrogen-bond donors (Lipinski definition) is 1. The van der Waals surface area contributed by atoms with Gasteiger partial charge in [-0.15, -0.1) is 0 Å². The molecule has 0 unspecified atom stereocenters. The van der Waals surface area contributed by atoms with Crippen molar-refractivity contribution in [1.29, 1.82) is 0 Å². The number of rotatable bonds is 5. The van der Waals surface area contributed by atoms with Gasteiger partial charge < -0.3 is 14.9 Å². The smallest absolute Gasteiger partial charge is 0.369 e. The number of carbonyl (C=O) groups excluding carboxylic acids is 1. The van der Waals surface area contributed by atoms with E-state index in [4.69, 9.17) is 0 Å². The summed E-state index contributed by atoms with van der Waals surface area (Å²) >= 11 is 0. The normalized spacial score (nSPS) is 21.3. The number of alkyl halides is 6. The zero-order valence-electron chi connectivity index (χ0n) is 22.4. The van der Waals surface area contributed by atoms with Crippen molar-refractivity contribution in [2.45, 2.75) is 34.0 Å². The van der Waals surface area contributed by atoms with Crippen LogP contribution in [0.4, 0.5) is 35.5 Å². The van der Waals surface area contributed by atoms with E-state index in [1.165, 1.54) is 4.90 Å². The van der Waals surface area contributed by atoms with Crippen LogP contribution in [0.5, 0.6) is 0 Å². The topological polar surface area (TPSA) is 115 Å². The molecular weight excluding hydrogens is 635 g/mol. The van der Waals surface area contributed by atoms with E-state index in [1.807, 2.05) is 0 Å². The Morgan fingerprint density at radius 1 is 0.791 bits per heavy atom. The molecule has 2 aromatic rings. The lowest BCUT2D eigenvalue weighted by atomic mass is 9.89. The van der Waals surface area contributed by atoms with Crippen LogP contribution in [-0.2, 0) is 30.2 Å². The average Bonchev–Trinajstić information content (AvgIpc) is 3.38. The number of likely N-dealkylation sites (tertiary alicyclic amines) is 1. The Kier molecular flexibility index (Phi) is 8.34. The lowest BCUT2D eigenvalue weighted by Gasteiger charge is -2.36. The second kappa shape index (κ2) is 10.9. The second-order valence-electron chi connectivity index (χ2n) is 10.3. The molecule has 2 saturated heterocycles. The summed E-state index contributed by atoms with van der Waals surface area (Å²) in [5.41, 5.74) is -7.10. The van der Waals surface area contributed by atoms with Gasteiger partial charge in [0.25, 0.3) is 5.60 Å². The molecule has 0 spiro atoms. The molecule has 0 radical (unpaired) electrons. The molecule has 2 heterocycles. The molecule has 2 aliphatic heterocycles. The van der Waals surface area contributed by atoms with Gasteiger partial charge in [0.2, 0.25) is 10.0 Å². The highest BCUT2D eigenvalue weighted by Gasteiger charge is 2.71. The molecule has 2 fully saturated rings. The first-order chi connectivity index (χ1) is 19.6. The fourth-order valence-corrected chi connectivity index (χ4v) is 8.21. The van der Waals surface area contributed by atoms with Crippen LogP contribution in [-0.4, -0.2) is 100.0 Å². The lowest BCUT2D eigenvalue weighted by Crippen LogP contribution is -2.54. The Bertz CT molecular complexity index is 1560. The van der Waals surface area contributed by atoms with Gasteiger partial charge in [-0.05, 0) is 36.2 Å². The summed E-state index contributed by atoms with van der Waals surface area (Å²) < 4.78 is 145. The first-order valence-electron chi connectivity index (χ1n) is 12.6. The summed E-state index contributed by atoms with van der Waals surface area (Å²) in [7, 11) is -8.09. The number of benzene rings is 2. The molecule has 4 rings (SSSR count). The number of sulfonamides is 1. The minimum atomic E-state index is -6.16. The van der Waals surface area contributed by atoms with Crippen molar-refractivity contribution in [3.8, 4) is 0 Å². The molecule has 238 valence electrons. The Hall–Kier alpha value is -2.96. The van der Waals surface area contributed by atoms with E-state index in [0.717, 1.165) is 51.9 Å². The number of nitrogens with zero attached hydrogens (tertiary/aromatic N) is 3. The number of urea groups is 1. The third-order valence-corrected chi connectivity index (χ3v) is 11.6. The Labute approximate surface area is 242 Å². The van der Waals surface area contributed by atoms with Crippen molar-refractivity contribution >= 4 is 25.9 Å². The Morgan fingerprint density at radius 2 is 1.30 bits per heavy atom. The first kappa shape index (κ1) is 32.9. The van der Waals surface area contributed by atoms with E-state index in [0.29, 0.717) is 12.1 Å². The molecule has 18 heteroatoms. The average molecular weight is 662 g/mol. The van der Waals surface area contributed by atoms with E-state index in [1.54, 1.807) is 0 Å². The van der Waals surface area contributed by atoms with Crippen molar-refractivity contribution in [3.05, 3.63) is 65.5 Å². The predicted molar refractivity (Wildman–Crippen MR) is 137 cm³/mol. The second-order valence-corrected chi connectivity index (χ2v) is 14.6. The monoisotopic (exact) mass is 661 g/mol. The molecule has 0 aromatic heterocycles. The number of halogens is 7. The highest BCUT2D eigenvalue weighted by atomic mass is 32.2. The van der Waals surface area contributed by atoms with Crippen molar-refractivity contribution in [1.82, 2.24) is 14.1 Å². The molecule has 0 bridgehead atoms. The van der Waals surface area contributed by atoms with Crippen molar-refractivity contribution in [2.24, 2.45) is 0 Å². The van der Waals surface area contributed by atoms with Gasteiger partial charge in [-0.25, -0.2) is 26.0 Å². The fraction of sp³-hybridized carbons (Fsp3) is 0.480. The molecule has 43 heavy (non-hydrogen) atoms. The van der Waals surface area contributed by atoms with Crippen LogP contribution in [0.15, 0.2) is 53.4 Å². The Morgan fingerprint density at radius 3 is 1.77 bits per heavy atom. The quantitative estimate of drug-likeness (QED) is 0.389. The lowest BCUT2D eigenvalue weighted by molar-refractivity contribution is -0.376. The zero-order chi connectivity index (χ0) is 32.2.